The van der Waals surface area contributed by atoms with Crippen LogP contribution in [0.4, 0.5) is 4.39 Å². The highest BCUT2D eigenvalue weighted by molar-refractivity contribution is 7.21. The van der Waals surface area contributed by atoms with E-state index < -0.39 is 29.7 Å². The molecule has 8 heteroatoms. The summed E-state index contributed by atoms with van der Waals surface area (Å²) in [6.07, 6.45) is -1.15. The van der Waals surface area contributed by atoms with Crippen LogP contribution in [0, 0.1) is 12.7 Å². The average Bonchev–Trinajstić information content (AvgIpc) is 3.04. The molecule has 2 N–H and O–H groups in total. The number of halogens is 1. The Morgan fingerprint density at radius 1 is 1.04 bits per heavy atom. The third-order valence-corrected chi connectivity index (χ3v) is 5.31. The Hall–Kier alpha value is -3.26. The van der Waals surface area contributed by atoms with Gasteiger partial charge < -0.3 is 4.74 Å². The van der Waals surface area contributed by atoms with Crippen molar-refractivity contribution >= 4 is 39.2 Å². The fourth-order valence-corrected chi connectivity index (χ4v) is 3.70. The van der Waals surface area contributed by atoms with Gasteiger partial charge in [0.2, 0.25) is 0 Å². The lowest BCUT2D eigenvalue weighted by Crippen LogP contribution is -2.46. The van der Waals surface area contributed by atoms with Gasteiger partial charge in [0.1, 0.15) is 10.7 Å². The fourth-order valence-electron chi connectivity index (χ4n) is 2.60. The highest BCUT2D eigenvalue weighted by Gasteiger charge is 2.24. The molecule has 28 heavy (non-hydrogen) atoms. The van der Waals surface area contributed by atoms with Gasteiger partial charge in [-0.3, -0.25) is 20.4 Å². The number of thiophene rings is 1. The molecule has 144 valence electrons. The van der Waals surface area contributed by atoms with Crippen LogP contribution in [0.2, 0.25) is 0 Å². The summed E-state index contributed by atoms with van der Waals surface area (Å²) in [5.74, 6) is -2.33. The van der Waals surface area contributed by atoms with E-state index in [-0.39, 0.29) is 4.88 Å². The third kappa shape index (κ3) is 4.01. The lowest BCUT2D eigenvalue weighted by atomic mass is 10.1. The molecule has 2 aromatic carbocycles. The van der Waals surface area contributed by atoms with Crippen molar-refractivity contribution in [2.75, 3.05) is 0 Å². The number of amides is 2. The van der Waals surface area contributed by atoms with Crippen molar-refractivity contribution in [2.45, 2.75) is 20.0 Å². The van der Waals surface area contributed by atoms with Crippen molar-refractivity contribution in [3.05, 3.63) is 70.4 Å². The zero-order valence-electron chi connectivity index (χ0n) is 15.1. The molecule has 3 rings (SSSR count). The second-order valence-electron chi connectivity index (χ2n) is 6.03. The van der Waals surface area contributed by atoms with Crippen LogP contribution in [0.5, 0.6) is 0 Å². The Morgan fingerprint density at radius 3 is 2.43 bits per heavy atom. The minimum atomic E-state index is -1.15. The molecule has 6 nitrogen and oxygen atoms in total. The number of nitrogens with one attached hydrogen (secondary N) is 2. The first-order valence-corrected chi connectivity index (χ1v) is 9.24. The minimum Gasteiger partial charge on any atom is -0.448 e. The number of hydrogen-bond acceptors (Lipinski definition) is 5. The maximum atomic E-state index is 14.0. The number of carbonyl (C=O) groups is 3. The summed E-state index contributed by atoms with van der Waals surface area (Å²) < 4.78 is 19.8. The molecule has 0 spiro atoms. The van der Waals surface area contributed by atoms with Gasteiger partial charge in [0.05, 0.1) is 0 Å². The lowest BCUT2D eigenvalue weighted by molar-refractivity contribution is -0.129. The topological polar surface area (TPSA) is 84.5 Å². The molecular formula is C20H17FN2O4S. The molecule has 0 aliphatic carbocycles. The highest BCUT2D eigenvalue weighted by atomic mass is 32.1. The summed E-state index contributed by atoms with van der Waals surface area (Å²) in [5, 5.41) is 0.367. The van der Waals surface area contributed by atoms with Gasteiger partial charge >= 0.3 is 5.97 Å². The molecule has 1 heterocycles. The molecule has 0 saturated carbocycles. The molecule has 0 radical (unpaired) electrons. The molecule has 1 aromatic heterocycles. The zero-order chi connectivity index (χ0) is 20.3. The van der Waals surface area contributed by atoms with E-state index in [1.54, 1.807) is 49.4 Å². The lowest BCUT2D eigenvalue weighted by Gasteiger charge is -2.14. The Kier molecular flexibility index (Phi) is 5.70. The largest absolute Gasteiger partial charge is 0.448 e. The predicted octanol–water partition coefficient (Wildman–Crippen LogP) is 3.36. The van der Waals surface area contributed by atoms with E-state index in [1.807, 2.05) is 0 Å². The molecule has 0 saturated heterocycles. The fraction of sp³-hybridized carbons (Fsp3) is 0.150. The van der Waals surface area contributed by atoms with Crippen molar-refractivity contribution in [3.8, 4) is 0 Å². The van der Waals surface area contributed by atoms with Crippen LogP contribution < -0.4 is 10.9 Å². The zero-order valence-corrected chi connectivity index (χ0v) is 15.9. The molecule has 0 unspecified atom stereocenters. The van der Waals surface area contributed by atoms with Crippen LogP contribution in [0.3, 0.4) is 0 Å². The second kappa shape index (κ2) is 8.18. The summed E-state index contributed by atoms with van der Waals surface area (Å²) in [6, 6.07) is 12.9. The van der Waals surface area contributed by atoms with Crippen molar-refractivity contribution < 1.29 is 23.5 Å². The normalized spacial score (nSPS) is 11.7. The first-order valence-electron chi connectivity index (χ1n) is 8.42. The van der Waals surface area contributed by atoms with Gasteiger partial charge in [-0.2, -0.15) is 0 Å². The molecule has 1 atom stereocenters. The smallest absolute Gasteiger partial charge is 0.349 e. The molecular weight excluding hydrogens is 383 g/mol. The van der Waals surface area contributed by atoms with Crippen molar-refractivity contribution in [2.24, 2.45) is 0 Å². The third-order valence-electron chi connectivity index (χ3n) is 4.08. The van der Waals surface area contributed by atoms with Crippen LogP contribution in [0.25, 0.3) is 10.1 Å². The number of ether oxygens (including phenoxy) is 1. The standard InChI is InChI=1S/C20H17FN2O4S/c1-11-16-14(21)9-6-10-15(16)28-17(11)20(26)27-12(2)18(24)22-23-19(25)13-7-4-3-5-8-13/h3-10,12H,1-2H3,(H,22,24)(H,23,25)/t12-/m0/s1. The Bertz CT molecular complexity index is 1050. The number of rotatable bonds is 4. The van der Waals surface area contributed by atoms with Crippen molar-refractivity contribution in [1.29, 1.82) is 0 Å². The molecule has 0 aliphatic heterocycles. The van der Waals surface area contributed by atoms with E-state index in [4.69, 9.17) is 4.74 Å². The van der Waals surface area contributed by atoms with E-state index in [0.29, 0.717) is 21.2 Å². The van der Waals surface area contributed by atoms with E-state index in [1.165, 1.54) is 13.0 Å². The van der Waals surface area contributed by atoms with Crippen LogP contribution in [0.1, 0.15) is 32.5 Å². The van der Waals surface area contributed by atoms with Crippen molar-refractivity contribution in [3.63, 3.8) is 0 Å². The summed E-state index contributed by atoms with van der Waals surface area (Å²) in [5.41, 5.74) is 5.31. The Labute approximate surface area is 164 Å². The maximum absolute atomic E-state index is 14.0. The summed E-state index contributed by atoms with van der Waals surface area (Å²) in [7, 11) is 0. The van der Waals surface area contributed by atoms with E-state index in [9.17, 15) is 18.8 Å². The molecule has 0 bridgehead atoms. The second-order valence-corrected chi connectivity index (χ2v) is 7.08. The first kappa shape index (κ1) is 19.5. The number of hydrazine groups is 1. The first-order chi connectivity index (χ1) is 13.4. The quantitative estimate of drug-likeness (QED) is 0.520. The van der Waals surface area contributed by atoms with Crippen LogP contribution >= 0.6 is 11.3 Å². The summed E-state index contributed by atoms with van der Waals surface area (Å²) in [4.78, 5) is 36.7. The number of carbonyl (C=O) groups excluding carboxylic acids is 3. The molecule has 3 aromatic rings. The number of hydrogen-bond donors (Lipinski definition) is 2. The maximum Gasteiger partial charge on any atom is 0.349 e. The van der Waals surface area contributed by atoms with Gasteiger partial charge in [-0.15, -0.1) is 11.3 Å². The van der Waals surface area contributed by atoms with E-state index in [0.717, 1.165) is 11.3 Å². The summed E-state index contributed by atoms with van der Waals surface area (Å²) in [6.45, 7) is 3.01. The van der Waals surface area contributed by atoms with Gasteiger partial charge in [-0.1, -0.05) is 24.3 Å². The number of benzene rings is 2. The Balaban J connectivity index is 1.62. The van der Waals surface area contributed by atoms with Crippen LogP contribution in [-0.2, 0) is 9.53 Å². The Morgan fingerprint density at radius 2 is 1.75 bits per heavy atom. The van der Waals surface area contributed by atoms with Crippen molar-refractivity contribution in [1.82, 2.24) is 10.9 Å². The summed E-state index contributed by atoms with van der Waals surface area (Å²) >= 11 is 1.10. The van der Waals surface area contributed by atoms with E-state index >= 15 is 0 Å². The monoisotopic (exact) mass is 400 g/mol. The van der Waals surface area contributed by atoms with E-state index in [2.05, 4.69) is 10.9 Å². The van der Waals surface area contributed by atoms with Gasteiger partial charge in [-0.25, -0.2) is 9.18 Å². The van der Waals surface area contributed by atoms with Crippen LogP contribution in [0.15, 0.2) is 48.5 Å². The number of esters is 1. The van der Waals surface area contributed by atoms with Crippen LogP contribution in [-0.4, -0.2) is 23.9 Å². The SMILES string of the molecule is Cc1c(C(=O)O[C@@H](C)C(=O)NNC(=O)c2ccccc2)sc2cccc(F)c12. The number of fused-ring (bicyclic) bond motifs is 1. The van der Waals surface area contributed by atoms with Gasteiger partial charge in [0.25, 0.3) is 11.8 Å². The van der Waals surface area contributed by atoms with Gasteiger partial charge in [0.15, 0.2) is 6.10 Å². The highest BCUT2D eigenvalue weighted by Crippen LogP contribution is 2.33. The van der Waals surface area contributed by atoms with Gasteiger partial charge in [-0.05, 0) is 43.7 Å². The molecule has 0 fully saturated rings. The average molecular weight is 400 g/mol. The minimum absolute atomic E-state index is 0.230. The van der Waals surface area contributed by atoms with Gasteiger partial charge in [0, 0.05) is 15.6 Å². The molecule has 2 amide bonds. The number of aryl methyl sites for hydroxylation is 1. The predicted molar refractivity (Wildman–Crippen MR) is 103 cm³/mol. The molecule has 0 aliphatic rings.